The molecule has 0 unspecified atom stereocenters. The zero-order valence-corrected chi connectivity index (χ0v) is 8.82. The van der Waals surface area contributed by atoms with Gasteiger partial charge in [0.15, 0.2) is 0 Å². The Hall–Kier alpha value is -1.80. The number of nitriles is 1. The first-order chi connectivity index (χ1) is 7.17. The summed E-state index contributed by atoms with van der Waals surface area (Å²) in [6.07, 6.45) is 1.46. The summed E-state index contributed by atoms with van der Waals surface area (Å²) >= 11 is 0. The molecule has 0 spiro atoms. The van der Waals surface area contributed by atoms with E-state index < -0.39 is 0 Å². The Balaban J connectivity index is 2.83. The first-order valence-corrected chi connectivity index (χ1v) is 4.58. The Bertz CT molecular complexity index is 372. The van der Waals surface area contributed by atoms with Crippen LogP contribution in [0.2, 0.25) is 0 Å². The van der Waals surface area contributed by atoms with Crippen LogP contribution in [0, 0.1) is 11.3 Å². The lowest BCUT2D eigenvalue weighted by molar-refractivity contribution is 0.190. The van der Waals surface area contributed by atoms with Crippen molar-refractivity contribution in [2.45, 2.75) is 13.0 Å². The van der Waals surface area contributed by atoms with E-state index in [4.69, 9.17) is 15.7 Å². The Labute approximate surface area is 88.9 Å². The largest absolute Gasteiger partial charge is 0.384 e. The molecule has 1 aromatic rings. The van der Waals surface area contributed by atoms with E-state index in [9.17, 15) is 0 Å². The molecule has 0 bridgehead atoms. The number of pyridine rings is 1. The predicted octanol–water partition coefficient (Wildman–Crippen LogP) is 0.982. The molecule has 5 heteroatoms. The highest BCUT2D eigenvalue weighted by Gasteiger charge is 2.06. The molecule has 3 N–H and O–H groups in total. The van der Waals surface area contributed by atoms with Crippen LogP contribution in [-0.4, -0.2) is 24.7 Å². The minimum atomic E-state index is 0.115. The minimum Gasteiger partial charge on any atom is -0.384 e. The van der Waals surface area contributed by atoms with E-state index in [1.807, 2.05) is 13.0 Å². The number of rotatable bonds is 4. The van der Waals surface area contributed by atoms with Gasteiger partial charge in [-0.15, -0.1) is 0 Å². The summed E-state index contributed by atoms with van der Waals surface area (Å²) in [5.74, 6) is 0.390. The number of hydrogen-bond acceptors (Lipinski definition) is 5. The third-order valence-corrected chi connectivity index (χ3v) is 1.86. The standard InChI is InChI=1S/C10H14N4O/c1-7(6-15-2)14-9-3-10(12)13-5-8(9)4-11/h3,5,7H,6H2,1-2H3,(H3,12,13,14)/t7-/m1/s1. The quantitative estimate of drug-likeness (QED) is 0.767. The highest BCUT2D eigenvalue weighted by molar-refractivity contribution is 5.61. The molecule has 0 aliphatic rings. The average molecular weight is 206 g/mol. The fraction of sp³-hybridized carbons (Fsp3) is 0.400. The third kappa shape index (κ3) is 3.11. The second-order valence-corrected chi connectivity index (χ2v) is 3.27. The molecule has 0 aromatic carbocycles. The summed E-state index contributed by atoms with van der Waals surface area (Å²) in [4.78, 5) is 3.85. The molecule has 5 nitrogen and oxygen atoms in total. The average Bonchev–Trinajstić information content (AvgIpc) is 2.18. The first kappa shape index (κ1) is 11.3. The summed E-state index contributed by atoms with van der Waals surface area (Å²) in [6, 6.07) is 3.81. The van der Waals surface area contributed by atoms with Crippen LogP contribution in [0.4, 0.5) is 11.5 Å². The lowest BCUT2D eigenvalue weighted by Gasteiger charge is -2.15. The fourth-order valence-electron chi connectivity index (χ4n) is 1.24. The highest BCUT2D eigenvalue weighted by Crippen LogP contribution is 2.16. The number of nitrogen functional groups attached to an aromatic ring is 1. The Kier molecular flexibility index (Phi) is 3.89. The van der Waals surface area contributed by atoms with Gasteiger partial charge in [0, 0.05) is 25.4 Å². The van der Waals surface area contributed by atoms with Gasteiger partial charge in [-0.3, -0.25) is 0 Å². The third-order valence-electron chi connectivity index (χ3n) is 1.86. The van der Waals surface area contributed by atoms with Gasteiger partial charge in [0.2, 0.25) is 0 Å². The van der Waals surface area contributed by atoms with E-state index in [2.05, 4.69) is 10.3 Å². The molecule has 0 radical (unpaired) electrons. The number of hydrogen-bond donors (Lipinski definition) is 2. The predicted molar refractivity (Wildman–Crippen MR) is 58.3 cm³/mol. The Morgan fingerprint density at radius 2 is 2.47 bits per heavy atom. The van der Waals surface area contributed by atoms with Crippen LogP contribution in [0.1, 0.15) is 12.5 Å². The summed E-state index contributed by atoms with van der Waals surface area (Å²) in [5, 5.41) is 12.0. The van der Waals surface area contributed by atoms with Crippen molar-refractivity contribution >= 4 is 11.5 Å². The van der Waals surface area contributed by atoms with Gasteiger partial charge in [0.25, 0.3) is 0 Å². The van der Waals surface area contributed by atoms with Crippen molar-refractivity contribution in [3.8, 4) is 6.07 Å². The van der Waals surface area contributed by atoms with E-state index in [0.29, 0.717) is 23.7 Å². The number of nitrogens with one attached hydrogen (secondary N) is 1. The van der Waals surface area contributed by atoms with Gasteiger partial charge in [-0.1, -0.05) is 0 Å². The maximum absolute atomic E-state index is 8.85. The summed E-state index contributed by atoms with van der Waals surface area (Å²) in [5.41, 5.74) is 6.71. The lowest BCUT2D eigenvalue weighted by Crippen LogP contribution is -2.21. The SMILES string of the molecule is COC[C@@H](C)Nc1cc(N)ncc1C#N. The van der Waals surface area contributed by atoms with Gasteiger partial charge in [0.05, 0.1) is 17.9 Å². The molecule has 0 amide bonds. The van der Waals surface area contributed by atoms with Crippen LogP contribution in [0.15, 0.2) is 12.3 Å². The maximum Gasteiger partial charge on any atom is 0.125 e. The van der Waals surface area contributed by atoms with Crippen molar-refractivity contribution in [1.82, 2.24) is 4.98 Å². The molecular weight excluding hydrogens is 192 g/mol. The molecule has 15 heavy (non-hydrogen) atoms. The van der Waals surface area contributed by atoms with Crippen LogP contribution in [0.25, 0.3) is 0 Å². The Morgan fingerprint density at radius 1 is 1.73 bits per heavy atom. The number of nitrogens with two attached hydrogens (primary N) is 1. The molecule has 80 valence electrons. The smallest absolute Gasteiger partial charge is 0.125 e. The summed E-state index contributed by atoms with van der Waals surface area (Å²) in [6.45, 7) is 2.52. The van der Waals surface area contributed by atoms with Gasteiger partial charge in [-0.05, 0) is 6.92 Å². The molecule has 0 saturated heterocycles. The van der Waals surface area contributed by atoms with E-state index in [1.54, 1.807) is 13.2 Å². The van der Waals surface area contributed by atoms with Crippen LogP contribution in [-0.2, 0) is 4.74 Å². The minimum absolute atomic E-state index is 0.115. The van der Waals surface area contributed by atoms with Gasteiger partial charge in [-0.2, -0.15) is 5.26 Å². The zero-order valence-electron chi connectivity index (χ0n) is 8.82. The molecule has 0 aliphatic heterocycles. The molecule has 1 rings (SSSR count). The van der Waals surface area contributed by atoms with Crippen LogP contribution in [0.5, 0.6) is 0 Å². The highest BCUT2D eigenvalue weighted by atomic mass is 16.5. The summed E-state index contributed by atoms with van der Waals surface area (Å²) in [7, 11) is 1.63. The monoisotopic (exact) mass is 206 g/mol. The van der Waals surface area contributed by atoms with E-state index in [-0.39, 0.29) is 6.04 Å². The maximum atomic E-state index is 8.85. The number of nitrogens with zero attached hydrogens (tertiary/aromatic N) is 2. The van der Waals surface area contributed by atoms with Crippen molar-refractivity contribution in [3.05, 3.63) is 17.8 Å². The topological polar surface area (TPSA) is 84.0 Å². The molecular formula is C10H14N4O. The Morgan fingerprint density at radius 3 is 3.07 bits per heavy atom. The van der Waals surface area contributed by atoms with Gasteiger partial charge in [0.1, 0.15) is 11.9 Å². The van der Waals surface area contributed by atoms with Crippen LogP contribution < -0.4 is 11.1 Å². The number of ether oxygens (including phenoxy) is 1. The second-order valence-electron chi connectivity index (χ2n) is 3.27. The van der Waals surface area contributed by atoms with Gasteiger partial charge < -0.3 is 15.8 Å². The van der Waals surface area contributed by atoms with E-state index in [0.717, 1.165) is 0 Å². The number of methoxy groups -OCH3 is 1. The molecule has 0 aliphatic carbocycles. The first-order valence-electron chi connectivity index (χ1n) is 4.58. The lowest BCUT2D eigenvalue weighted by atomic mass is 10.2. The van der Waals surface area contributed by atoms with Crippen LogP contribution in [0.3, 0.4) is 0 Å². The number of anilines is 2. The van der Waals surface area contributed by atoms with Gasteiger partial charge >= 0.3 is 0 Å². The van der Waals surface area contributed by atoms with Crippen molar-refractivity contribution in [1.29, 1.82) is 5.26 Å². The fourth-order valence-corrected chi connectivity index (χ4v) is 1.24. The molecule has 1 atom stereocenters. The van der Waals surface area contributed by atoms with E-state index in [1.165, 1.54) is 6.20 Å². The van der Waals surface area contributed by atoms with Crippen molar-refractivity contribution in [2.24, 2.45) is 0 Å². The van der Waals surface area contributed by atoms with Crippen molar-refractivity contribution < 1.29 is 4.74 Å². The van der Waals surface area contributed by atoms with Crippen molar-refractivity contribution in [3.63, 3.8) is 0 Å². The van der Waals surface area contributed by atoms with Crippen LogP contribution >= 0.6 is 0 Å². The molecule has 0 saturated carbocycles. The number of aromatic nitrogens is 1. The summed E-state index contributed by atoms with van der Waals surface area (Å²) < 4.78 is 4.99. The zero-order chi connectivity index (χ0) is 11.3. The molecule has 1 heterocycles. The van der Waals surface area contributed by atoms with Crippen molar-refractivity contribution in [2.75, 3.05) is 24.8 Å². The van der Waals surface area contributed by atoms with E-state index >= 15 is 0 Å². The van der Waals surface area contributed by atoms with Gasteiger partial charge in [-0.25, -0.2) is 4.98 Å². The second kappa shape index (κ2) is 5.17. The molecule has 1 aromatic heterocycles. The molecule has 0 fully saturated rings. The normalized spacial score (nSPS) is 11.8.